The number of carbonyl (C=O) groups is 2. The summed E-state index contributed by atoms with van der Waals surface area (Å²) in [6.07, 6.45) is 0. The normalized spacial score (nSPS) is 13.2. The lowest BCUT2D eigenvalue weighted by atomic mass is 10.1. The van der Waals surface area contributed by atoms with Gasteiger partial charge in [0.25, 0.3) is 0 Å². The van der Waals surface area contributed by atoms with Crippen molar-refractivity contribution in [1.29, 1.82) is 0 Å². The number of para-hydroxylation sites is 1. The van der Waals surface area contributed by atoms with Gasteiger partial charge in [-0.15, -0.1) is 0 Å². The van der Waals surface area contributed by atoms with Crippen molar-refractivity contribution in [3.8, 4) is 0 Å². The number of nitrogens with one attached hydrogen (secondary N) is 2. The smallest absolute Gasteiger partial charge is 0.241 e. The molecular weight excluding hydrogens is 288 g/mol. The minimum atomic E-state index is -0.384. The number of rotatable bonds is 6. The Bertz CT molecular complexity index is 683. The van der Waals surface area contributed by atoms with E-state index in [4.69, 9.17) is 0 Å². The summed E-state index contributed by atoms with van der Waals surface area (Å²) in [5.41, 5.74) is 2.19. The summed E-state index contributed by atoms with van der Waals surface area (Å²) in [5.74, 6) is -0.236. The molecule has 1 amide bonds. The molecule has 23 heavy (non-hydrogen) atoms. The summed E-state index contributed by atoms with van der Waals surface area (Å²) in [6.45, 7) is 5.32. The molecule has 0 aliphatic heterocycles. The van der Waals surface area contributed by atoms with E-state index in [9.17, 15) is 9.59 Å². The van der Waals surface area contributed by atoms with Gasteiger partial charge in [0.1, 0.15) is 0 Å². The maximum atomic E-state index is 12.4. The van der Waals surface area contributed by atoms with Gasteiger partial charge in [-0.3, -0.25) is 14.9 Å². The van der Waals surface area contributed by atoms with Crippen molar-refractivity contribution in [1.82, 2.24) is 5.32 Å². The second kappa shape index (κ2) is 7.70. The van der Waals surface area contributed by atoms with Gasteiger partial charge in [-0.05, 0) is 38.5 Å². The fourth-order valence-electron chi connectivity index (χ4n) is 2.43. The first-order valence-electron chi connectivity index (χ1n) is 7.71. The van der Waals surface area contributed by atoms with Gasteiger partial charge in [0.05, 0.1) is 11.7 Å². The molecule has 0 saturated carbocycles. The van der Waals surface area contributed by atoms with E-state index in [1.165, 1.54) is 6.92 Å². The summed E-state index contributed by atoms with van der Waals surface area (Å²) >= 11 is 0. The minimum Gasteiger partial charge on any atom is -0.324 e. The van der Waals surface area contributed by atoms with Crippen molar-refractivity contribution in [3.05, 3.63) is 65.7 Å². The number of carbonyl (C=O) groups excluding carboxylic acids is 2. The number of anilines is 1. The zero-order chi connectivity index (χ0) is 16.8. The van der Waals surface area contributed by atoms with Crippen LogP contribution in [0, 0.1) is 0 Å². The molecule has 2 aromatic rings. The first-order valence-corrected chi connectivity index (χ1v) is 7.71. The van der Waals surface area contributed by atoms with E-state index in [0.29, 0.717) is 11.3 Å². The molecule has 0 heterocycles. The Labute approximate surface area is 136 Å². The molecule has 2 atom stereocenters. The van der Waals surface area contributed by atoms with E-state index in [1.54, 1.807) is 24.3 Å². The maximum Gasteiger partial charge on any atom is 0.241 e. The minimum absolute atomic E-state index is 0.0556. The van der Waals surface area contributed by atoms with Crippen LogP contribution in [0.2, 0.25) is 0 Å². The van der Waals surface area contributed by atoms with Gasteiger partial charge in [-0.2, -0.15) is 0 Å². The molecule has 0 aliphatic carbocycles. The third-order valence-corrected chi connectivity index (χ3v) is 3.76. The van der Waals surface area contributed by atoms with Gasteiger partial charge in [0, 0.05) is 11.6 Å². The SMILES string of the molecule is CC(=O)c1ccccc1NC(=O)[C@@H](C)N[C@@H](C)c1ccccc1. The fourth-order valence-corrected chi connectivity index (χ4v) is 2.43. The second-order valence-electron chi connectivity index (χ2n) is 5.61. The Morgan fingerprint density at radius 2 is 1.52 bits per heavy atom. The largest absolute Gasteiger partial charge is 0.324 e. The van der Waals surface area contributed by atoms with E-state index in [2.05, 4.69) is 10.6 Å². The van der Waals surface area contributed by atoms with E-state index in [0.717, 1.165) is 5.56 Å². The molecule has 0 aliphatic rings. The Morgan fingerprint density at radius 1 is 0.913 bits per heavy atom. The number of benzene rings is 2. The zero-order valence-corrected chi connectivity index (χ0v) is 13.7. The zero-order valence-electron chi connectivity index (χ0n) is 13.7. The van der Waals surface area contributed by atoms with Crippen LogP contribution in [0.4, 0.5) is 5.69 Å². The molecule has 0 bridgehead atoms. The predicted molar refractivity (Wildman–Crippen MR) is 92.5 cm³/mol. The molecule has 0 spiro atoms. The Kier molecular flexibility index (Phi) is 5.66. The molecule has 2 rings (SSSR count). The van der Waals surface area contributed by atoms with E-state index in [1.807, 2.05) is 44.2 Å². The molecule has 2 aromatic carbocycles. The molecule has 2 N–H and O–H groups in total. The van der Waals surface area contributed by atoms with Crippen molar-refractivity contribution in [2.75, 3.05) is 5.32 Å². The molecule has 0 fully saturated rings. The van der Waals surface area contributed by atoms with Crippen molar-refractivity contribution >= 4 is 17.4 Å². The lowest BCUT2D eigenvalue weighted by Crippen LogP contribution is -2.39. The van der Waals surface area contributed by atoms with Gasteiger partial charge < -0.3 is 5.32 Å². The standard InChI is InChI=1S/C19H22N2O2/c1-13(16-9-5-4-6-10-16)20-14(2)19(23)21-18-12-8-7-11-17(18)15(3)22/h4-14,20H,1-3H3,(H,21,23)/t13-,14+/m0/s1. The van der Waals surface area contributed by atoms with Crippen LogP contribution < -0.4 is 10.6 Å². The van der Waals surface area contributed by atoms with Crippen LogP contribution in [0.5, 0.6) is 0 Å². The summed E-state index contributed by atoms with van der Waals surface area (Å²) in [7, 11) is 0. The average molecular weight is 310 g/mol. The van der Waals surface area contributed by atoms with Crippen molar-refractivity contribution in [2.45, 2.75) is 32.9 Å². The average Bonchev–Trinajstić information content (AvgIpc) is 2.55. The van der Waals surface area contributed by atoms with Crippen molar-refractivity contribution in [2.24, 2.45) is 0 Å². The highest BCUT2D eigenvalue weighted by Gasteiger charge is 2.18. The van der Waals surface area contributed by atoms with E-state index in [-0.39, 0.29) is 23.8 Å². The summed E-state index contributed by atoms with van der Waals surface area (Å²) in [5, 5.41) is 6.09. The fraction of sp³-hybridized carbons (Fsp3) is 0.263. The topological polar surface area (TPSA) is 58.2 Å². The second-order valence-corrected chi connectivity index (χ2v) is 5.61. The molecule has 0 aromatic heterocycles. The Hall–Kier alpha value is -2.46. The van der Waals surface area contributed by atoms with E-state index < -0.39 is 0 Å². The molecular formula is C19H22N2O2. The van der Waals surface area contributed by atoms with Crippen LogP contribution in [0.25, 0.3) is 0 Å². The first kappa shape index (κ1) is 16.9. The number of hydrogen-bond donors (Lipinski definition) is 2. The summed E-state index contributed by atoms with van der Waals surface area (Å²) in [6, 6.07) is 16.7. The molecule has 4 nitrogen and oxygen atoms in total. The summed E-state index contributed by atoms with van der Waals surface area (Å²) < 4.78 is 0. The monoisotopic (exact) mass is 310 g/mol. The number of amides is 1. The van der Waals surface area contributed by atoms with Gasteiger partial charge in [-0.1, -0.05) is 42.5 Å². The summed E-state index contributed by atoms with van der Waals surface area (Å²) in [4.78, 5) is 24.0. The van der Waals surface area contributed by atoms with Gasteiger partial charge in [0.15, 0.2) is 5.78 Å². The molecule has 120 valence electrons. The number of Topliss-reactive ketones (excluding diaryl/α,β-unsaturated/α-hetero) is 1. The quantitative estimate of drug-likeness (QED) is 0.802. The van der Waals surface area contributed by atoms with Crippen LogP contribution in [0.3, 0.4) is 0 Å². The van der Waals surface area contributed by atoms with Crippen LogP contribution >= 0.6 is 0 Å². The van der Waals surface area contributed by atoms with Crippen LogP contribution in [0.15, 0.2) is 54.6 Å². The molecule has 0 radical (unpaired) electrons. The van der Waals surface area contributed by atoms with Crippen molar-refractivity contribution in [3.63, 3.8) is 0 Å². The van der Waals surface area contributed by atoms with Crippen molar-refractivity contribution < 1.29 is 9.59 Å². The number of hydrogen-bond acceptors (Lipinski definition) is 3. The first-order chi connectivity index (χ1) is 11.0. The molecule has 4 heteroatoms. The lowest BCUT2D eigenvalue weighted by molar-refractivity contribution is -0.117. The van der Waals surface area contributed by atoms with Crippen LogP contribution in [-0.2, 0) is 4.79 Å². The van der Waals surface area contributed by atoms with Gasteiger partial charge >= 0.3 is 0 Å². The lowest BCUT2D eigenvalue weighted by Gasteiger charge is -2.20. The molecule has 0 unspecified atom stereocenters. The van der Waals surface area contributed by atoms with Gasteiger partial charge in [0.2, 0.25) is 5.91 Å². The third-order valence-electron chi connectivity index (χ3n) is 3.76. The van der Waals surface area contributed by atoms with E-state index >= 15 is 0 Å². The van der Waals surface area contributed by atoms with Gasteiger partial charge in [-0.25, -0.2) is 0 Å². The Morgan fingerprint density at radius 3 is 2.17 bits per heavy atom. The maximum absolute atomic E-state index is 12.4. The third kappa shape index (κ3) is 4.50. The number of ketones is 1. The van der Waals surface area contributed by atoms with Crippen LogP contribution in [0.1, 0.15) is 42.7 Å². The highest BCUT2D eigenvalue weighted by atomic mass is 16.2. The Balaban J connectivity index is 2.02. The predicted octanol–water partition coefficient (Wildman–Crippen LogP) is 3.57. The highest BCUT2D eigenvalue weighted by Crippen LogP contribution is 2.17. The molecule has 0 saturated heterocycles. The van der Waals surface area contributed by atoms with Crippen LogP contribution in [-0.4, -0.2) is 17.7 Å². The highest BCUT2D eigenvalue weighted by molar-refractivity contribution is 6.04.